The second kappa shape index (κ2) is 20.6. The van der Waals surface area contributed by atoms with E-state index < -0.39 is 0 Å². The molecular weight excluding hydrogens is 801 g/mol. The molecule has 1 aliphatic carbocycles. The van der Waals surface area contributed by atoms with Crippen molar-refractivity contribution in [1.82, 2.24) is 4.57 Å². The lowest BCUT2D eigenvalue weighted by atomic mass is 9.85. The fourth-order valence-electron chi connectivity index (χ4n) is 6.59. The van der Waals surface area contributed by atoms with E-state index in [4.69, 9.17) is 18.6 Å². The molecule has 1 saturated carbocycles. The van der Waals surface area contributed by atoms with Gasteiger partial charge < -0.3 is 33.7 Å². The van der Waals surface area contributed by atoms with E-state index in [2.05, 4.69) is 151 Å². The highest BCUT2D eigenvalue weighted by molar-refractivity contribution is 5.97. The van der Waals surface area contributed by atoms with E-state index in [1.165, 1.54) is 34.2 Å². The third-order valence-corrected chi connectivity index (χ3v) is 10.1. The number of carbonyl (C=O) groups excluding carboxylic acids is 1. The van der Waals surface area contributed by atoms with E-state index in [9.17, 15) is 9.59 Å². The summed E-state index contributed by atoms with van der Waals surface area (Å²) >= 11 is 0. The van der Waals surface area contributed by atoms with Crippen LogP contribution in [0.2, 0.25) is 0 Å². The van der Waals surface area contributed by atoms with E-state index in [0.29, 0.717) is 16.4 Å². The number of para-hydroxylation sites is 6. The second-order valence-corrected chi connectivity index (χ2v) is 22.3. The van der Waals surface area contributed by atoms with Gasteiger partial charge in [-0.3, -0.25) is 9.36 Å². The van der Waals surface area contributed by atoms with Crippen molar-refractivity contribution in [3.63, 3.8) is 0 Å². The van der Waals surface area contributed by atoms with Crippen molar-refractivity contribution in [2.24, 2.45) is 17.9 Å². The molecule has 1 amide bonds. The molecule has 5 aromatic rings. The molecule has 0 radical (unpaired) electrons. The largest absolute Gasteiger partial charge is 0.489 e. The maximum absolute atomic E-state index is 11.2. The van der Waals surface area contributed by atoms with Gasteiger partial charge >= 0.3 is 5.76 Å². The Morgan fingerprint density at radius 3 is 1.72 bits per heavy atom. The number of amides is 1. The molecule has 4 heterocycles. The zero-order valence-electron chi connectivity index (χ0n) is 42.1. The number of fused-ring (bicyclic) bond motifs is 4. The SMILES string of the molecule is CC(C)(C)C.CC(C)(C)C.CC(C)(C)c1cccc2c1OC1(CC1)CN2.CN1C(=O)COc2ccccc21.CN1CCOc2c1cccc2C(C)(C)C.Cn1c(=O)oc2ccccc21. The summed E-state index contributed by atoms with van der Waals surface area (Å²) in [4.78, 5) is 26.0. The molecule has 1 aromatic heterocycles. The van der Waals surface area contributed by atoms with Crippen molar-refractivity contribution in [3.8, 4) is 17.2 Å². The summed E-state index contributed by atoms with van der Waals surface area (Å²) in [6.45, 7) is 33.8. The number of aryl methyl sites for hydroxylation is 1. The third kappa shape index (κ3) is 15.1. The van der Waals surface area contributed by atoms with Gasteiger partial charge in [-0.15, -0.1) is 0 Å². The number of hydrogen-bond acceptors (Lipinski definition) is 8. The van der Waals surface area contributed by atoms with Gasteiger partial charge in [0, 0.05) is 32.3 Å². The van der Waals surface area contributed by atoms with Gasteiger partial charge in [0.05, 0.1) is 35.7 Å². The van der Waals surface area contributed by atoms with Crippen LogP contribution in [0.25, 0.3) is 11.1 Å². The van der Waals surface area contributed by atoms with Crippen LogP contribution in [-0.4, -0.2) is 56.5 Å². The lowest BCUT2D eigenvalue weighted by Gasteiger charge is -2.32. The monoisotopic (exact) mass is 879 g/mol. The van der Waals surface area contributed by atoms with Gasteiger partial charge in [-0.05, 0) is 70.9 Å². The number of nitrogens with one attached hydrogen (secondary N) is 1. The highest BCUT2D eigenvalue weighted by Gasteiger charge is 2.48. The summed E-state index contributed by atoms with van der Waals surface area (Å²) in [7, 11) is 5.56. The molecule has 1 N–H and O–H groups in total. The van der Waals surface area contributed by atoms with E-state index in [1.54, 1.807) is 25.1 Å². The summed E-state index contributed by atoms with van der Waals surface area (Å²) in [5, 5.41) is 3.50. The molecule has 1 fully saturated rings. The first-order valence-electron chi connectivity index (χ1n) is 22.6. The second-order valence-electron chi connectivity index (χ2n) is 22.3. The standard InChI is InChI=1S/C14H19NO.C13H19NO.C9H9NO2.C8H7NO2.2C5H12/c1-13(2,3)10-5-4-6-11-12(10)16-14(7-8-14)9-15-11;1-13(2,3)10-6-5-7-11-12(10)15-9-8-14(11)4;1-10-7-4-2-3-5-8(7)12-6-9(10)11;1-9-6-4-2-3-5-7(6)11-8(9)10;2*1-5(2,3)4/h4-6,15H,7-9H2,1-3H3;5-7H,8-9H2,1-4H3;2-5H,6H2,1H3;2-5H,1H3;2*1-4H3. The van der Waals surface area contributed by atoms with Gasteiger partial charge in [-0.1, -0.05) is 145 Å². The van der Waals surface area contributed by atoms with E-state index >= 15 is 0 Å². The van der Waals surface area contributed by atoms with Gasteiger partial charge in [-0.25, -0.2) is 4.79 Å². The van der Waals surface area contributed by atoms with Crippen LogP contribution in [0.1, 0.15) is 121 Å². The number of nitrogens with zero attached hydrogens (tertiary/aromatic N) is 3. The molecule has 9 rings (SSSR count). The lowest BCUT2D eigenvalue weighted by molar-refractivity contribution is -0.120. The van der Waals surface area contributed by atoms with Crippen molar-refractivity contribution in [1.29, 1.82) is 0 Å². The number of ether oxygens (including phenoxy) is 3. The molecule has 1 spiro atoms. The summed E-state index contributed by atoms with van der Waals surface area (Å²) in [6, 6.07) is 27.7. The fraction of sp³-hybridized carbons (Fsp3) is 0.519. The number of likely N-dealkylation sites (N-methyl/N-ethyl adjacent to an activating group) is 2. The lowest BCUT2D eigenvalue weighted by Crippen LogP contribution is -2.35. The van der Waals surface area contributed by atoms with Crippen molar-refractivity contribution >= 4 is 34.1 Å². The Hall–Kier alpha value is -5.38. The number of benzene rings is 4. The number of carbonyl (C=O) groups is 1. The Morgan fingerprint density at radius 1 is 0.609 bits per heavy atom. The molecule has 0 saturated heterocycles. The van der Waals surface area contributed by atoms with Crippen molar-refractivity contribution < 1.29 is 23.4 Å². The minimum absolute atomic E-state index is 0.00583. The fourth-order valence-corrected chi connectivity index (χ4v) is 6.59. The summed E-state index contributed by atoms with van der Waals surface area (Å²) in [5.74, 6) is 2.61. The zero-order chi connectivity index (χ0) is 47.8. The minimum atomic E-state index is -0.314. The number of hydrogen-bond donors (Lipinski definition) is 1. The Bertz CT molecular complexity index is 2340. The van der Waals surface area contributed by atoms with Crippen LogP contribution in [0.3, 0.4) is 0 Å². The van der Waals surface area contributed by atoms with Crippen LogP contribution in [-0.2, 0) is 22.7 Å². The zero-order valence-corrected chi connectivity index (χ0v) is 42.1. The Labute approximate surface area is 384 Å². The predicted octanol–water partition coefficient (Wildman–Crippen LogP) is 12.4. The van der Waals surface area contributed by atoms with Crippen molar-refractivity contribution in [2.75, 3.05) is 55.5 Å². The van der Waals surface area contributed by atoms with Crippen molar-refractivity contribution in [3.05, 3.63) is 107 Å². The normalized spacial score (nSPS) is 15.5. The van der Waals surface area contributed by atoms with Gasteiger partial charge in [-0.2, -0.15) is 0 Å². The number of aromatic nitrogens is 1. The Kier molecular flexibility index (Phi) is 16.5. The Morgan fingerprint density at radius 2 is 1.14 bits per heavy atom. The molecule has 4 aliphatic rings. The quantitative estimate of drug-likeness (QED) is 0.164. The third-order valence-electron chi connectivity index (χ3n) is 10.1. The van der Waals surface area contributed by atoms with Crippen molar-refractivity contribution in [2.45, 2.75) is 126 Å². The Balaban J connectivity index is 0.000000176. The highest BCUT2D eigenvalue weighted by atomic mass is 16.5. The molecule has 3 aliphatic heterocycles. The topological polar surface area (TPSA) is 98.4 Å². The summed E-state index contributed by atoms with van der Waals surface area (Å²) < 4.78 is 23.6. The smallest absolute Gasteiger partial charge is 0.419 e. The van der Waals surface area contributed by atoms with E-state index in [0.717, 1.165) is 53.8 Å². The van der Waals surface area contributed by atoms with Gasteiger partial charge in [0.25, 0.3) is 5.91 Å². The molecular formula is C54H78N4O6. The first-order valence-corrected chi connectivity index (χ1v) is 22.6. The van der Waals surface area contributed by atoms with Crippen LogP contribution in [0, 0.1) is 10.8 Å². The van der Waals surface area contributed by atoms with E-state index in [-0.39, 0.29) is 34.7 Å². The number of rotatable bonds is 0. The molecule has 350 valence electrons. The van der Waals surface area contributed by atoms with Gasteiger partial charge in [0.2, 0.25) is 0 Å². The van der Waals surface area contributed by atoms with Crippen LogP contribution >= 0.6 is 0 Å². The van der Waals surface area contributed by atoms with Crippen LogP contribution in [0.15, 0.2) is 94.1 Å². The maximum Gasteiger partial charge on any atom is 0.419 e. The molecule has 0 atom stereocenters. The van der Waals surface area contributed by atoms with Gasteiger partial charge in [0.15, 0.2) is 12.2 Å². The van der Waals surface area contributed by atoms with E-state index in [1.807, 2.05) is 42.5 Å². The molecule has 4 aromatic carbocycles. The average Bonchev–Trinajstić information content (AvgIpc) is 3.88. The average molecular weight is 879 g/mol. The number of oxazole rings is 1. The minimum Gasteiger partial charge on any atom is -0.489 e. The van der Waals surface area contributed by atoms with Gasteiger partial charge in [0.1, 0.15) is 29.5 Å². The first kappa shape index (κ1) is 51.3. The maximum atomic E-state index is 11.2. The summed E-state index contributed by atoms with van der Waals surface area (Å²) in [5.41, 5.74) is 8.69. The molecule has 0 unspecified atom stereocenters. The first-order chi connectivity index (χ1) is 29.6. The molecule has 64 heavy (non-hydrogen) atoms. The van der Waals surface area contributed by atoms with Crippen LogP contribution in [0.5, 0.6) is 17.2 Å². The predicted molar refractivity (Wildman–Crippen MR) is 267 cm³/mol. The molecule has 10 nitrogen and oxygen atoms in total. The van der Waals surface area contributed by atoms with Crippen LogP contribution < -0.4 is 35.1 Å². The highest BCUT2D eigenvalue weighted by Crippen LogP contribution is 2.49. The number of anilines is 3. The summed E-state index contributed by atoms with van der Waals surface area (Å²) in [6.07, 6.45) is 2.38. The van der Waals surface area contributed by atoms with Crippen LogP contribution in [0.4, 0.5) is 17.1 Å². The molecule has 0 bridgehead atoms. The molecule has 10 heteroatoms.